The van der Waals surface area contributed by atoms with Crippen molar-refractivity contribution in [3.05, 3.63) is 45.8 Å². The number of hydrogen-bond acceptors (Lipinski definition) is 3. The largest absolute Gasteiger partial charge is 0.423 e. The van der Waals surface area contributed by atoms with Crippen molar-refractivity contribution in [1.82, 2.24) is 0 Å². The molecule has 0 aliphatic carbocycles. The van der Waals surface area contributed by atoms with Gasteiger partial charge in [0, 0.05) is 18.0 Å². The summed E-state index contributed by atoms with van der Waals surface area (Å²) in [5.74, 6) is 0. The second-order valence-corrected chi connectivity index (χ2v) is 4.19. The Balaban J connectivity index is 0.000000771. The number of fused-ring (bicyclic) bond motifs is 1. The van der Waals surface area contributed by atoms with Crippen LogP contribution in [0.15, 0.2) is 33.5 Å². The molecule has 0 amide bonds. The molecule has 0 saturated heterocycles. The molecule has 1 heterocycles. The third-order valence-electron chi connectivity index (χ3n) is 2.78. The molecule has 94 valence electrons. The number of nitriles is 1. The summed E-state index contributed by atoms with van der Waals surface area (Å²) < 4.78 is 5.18. The summed E-state index contributed by atoms with van der Waals surface area (Å²) in [6, 6.07) is 7.55. The Morgan fingerprint density at radius 3 is 2.67 bits per heavy atom. The number of nitrogens with zero attached hydrogens (tertiary/aromatic N) is 1. The molecular formula is C15H17NO2. The molecule has 18 heavy (non-hydrogen) atoms. The van der Waals surface area contributed by atoms with Crippen LogP contribution in [-0.4, -0.2) is 0 Å². The molecule has 3 nitrogen and oxygen atoms in total. The van der Waals surface area contributed by atoms with Crippen molar-refractivity contribution in [2.75, 3.05) is 0 Å². The van der Waals surface area contributed by atoms with Gasteiger partial charge in [-0.15, -0.1) is 0 Å². The van der Waals surface area contributed by atoms with Crippen molar-refractivity contribution < 1.29 is 4.42 Å². The van der Waals surface area contributed by atoms with E-state index in [1.54, 1.807) is 6.07 Å². The van der Waals surface area contributed by atoms with Gasteiger partial charge in [-0.3, -0.25) is 0 Å². The maximum Gasteiger partial charge on any atom is 0.336 e. The van der Waals surface area contributed by atoms with Crippen LogP contribution in [0.25, 0.3) is 11.0 Å². The van der Waals surface area contributed by atoms with Crippen LogP contribution in [0.2, 0.25) is 0 Å². The summed E-state index contributed by atoms with van der Waals surface area (Å²) in [7, 11) is 0. The van der Waals surface area contributed by atoms with E-state index in [-0.39, 0.29) is 5.63 Å². The summed E-state index contributed by atoms with van der Waals surface area (Å²) in [6.45, 7) is 7.70. The minimum absolute atomic E-state index is 0.248. The standard InChI is InChI=1S/C14H16O2.CHN/c1-3-4-5-11-9-14(15)16-13-7-6-10(2)8-12(11)13;1-2/h6-9H,3-5H2,1-2H3;1H. The van der Waals surface area contributed by atoms with E-state index in [1.165, 1.54) is 5.56 Å². The Hall–Kier alpha value is -2.08. The van der Waals surface area contributed by atoms with Crippen molar-refractivity contribution in [2.24, 2.45) is 0 Å². The van der Waals surface area contributed by atoms with Crippen molar-refractivity contribution in [3.8, 4) is 6.57 Å². The normalized spacial score (nSPS) is 9.78. The Morgan fingerprint density at radius 1 is 1.28 bits per heavy atom. The van der Waals surface area contributed by atoms with Crippen molar-refractivity contribution in [3.63, 3.8) is 0 Å². The van der Waals surface area contributed by atoms with Gasteiger partial charge in [-0.2, -0.15) is 0 Å². The molecule has 2 rings (SSSR count). The predicted molar refractivity (Wildman–Crippen MR) is 72.5 cm³/mol. The second kappa shape index (κ2) is 6.61. The van der Waals surface area contributed by atoms with Gasteiger partial charge in [-0.1, -0.05) is 25.0 Å². The van der Waals surface area contributed by atoms with E-state index in [0.717, 1.165) is 30.2 Å². The first-order chi connectivity index (χ1) is 8.70. The van der Waals surface area contributed by atoms with Crippen LogP contribution in [0, 0.1) is 18.8 Å². The van der Waals surface area contributed by atoms with Gasteiger partial charge >= 0.3 is 5.63 Å². The molecule has 0 saturated carbocycles. The molecule has 0 atom stereocenters. The Bertz CT molecular complexity index is 596. The van der Waals surface area contributed by atoms with Gasteiger partial charge in [-0.25, -0.2) is 10.1 Å². The zero-order valence-corrected chi connectivity index (χ0v) is 10.8. The molecule has 0 radical (unpaired) electrons. The highest BCUT2D eigenvalue weighted by Gasteiger charge is 2.05. The van der Waals surface area contributed by atoms with Gasteiger partial charge < -0.3 is 4.42 Å². The van der Waals surface area contributed by atoms with E-state index in [0.29, 0.717) is 5.58 Å². The zero-order chi connectivity index (χ0) is 13.5. The molecule has 0 N–H and O–H groups in total. The third-order valence-corrected chi connectivity index (χ3v) is 2.78. The molecule has 1 aromatic carbocycles. The lowest BCUT2D eigenvalue weighted by Crippen LogP contribution is -2.00. The number of unbranched alkanes of at least 4 members (excludes halogenated alkanes) is 1. The van der Waals surface area contributed by atoms with E-state index in [9.17, 15) is 4.79 Å². The number of aryl methyl sites for hydroxylation is 2. The van der Waals surface area contributed by atoms with Crippen molar-refractivity contribution >= 4 is 11.0 Å². The number of hydrogen-bond donors (Lipinski definition) is 0. The molecule has 0 spiro atoms. The average Bonchev–Trinajstić information content (AvgIpc) is 2.39. The van der Waals surface area contributed by atoms with E-state index < -0.39 is 0 Å². The lowest BCUT2D eigenvalue weighted by Gasteiger charge is -2.05. The Labute approximate surface area is 107 Å². The predicted octanol–water partition coefficient (Wildman–Crippen LogP) is 3.58. The first kappa shape index (κ1) is 14.0. The molecule has 0 aliphatic rings. The van der Waals surface area contributed by atoms with Crippen LogP contribution in [0.3, 0.4) is 0 Å². The molecular weight excluding hydrogens is 226 g/mol. The van der Waals surface area contributed by atoms with E-state index >= 15 is 0 Å². The fraction of sp³-hybridized carbons (Fsp3) is 0.333. The minimum atomic E-state index is -0.248. The highest BCUT2D eigenvalue weighted by molar-refractivity contribution is 5.80. The zero-order valence-electron chi connectivity index (χ0n) is 10.8. The summed E-state index contributed by atoms with van der Waals surface area (Å²) in [6.07, 6.45) is 3.18. The topological polar surface area (TPSA) is 54.0 Å². The van der Waals surface area contributed by atoms with Crippen molar-refractivity contribution in [1.29, 1.82) is 5.26 Å². The summed E-state index contributed by atoms with van der Waals surface area (Å²) in [5.41, 5.74) is 2.75. The maximum absolute atomic E-state index is 11.4. The average molecular weight is 243 g/mol. The highest BCUT2D eigenvalue weighted by Crippen LogP contribution is 2.20. The van der Waals surface area contributed by atoms with Gasteiger partial charge in [0.1, 0.15) is 5.58 Å². The van der Waals surface area contributed by atoms with Gasteiger partial charge in [-0.05, 0) is 37.5 Å². The van der Waals surface area contributed by atoms with E-state index in [4.69, 9.17) is 9.68 Å². The van der Waals surface area contributed by atoms with Crippen LogP contribution in [-0.2, 0) is 6.42 Å². The van der Waals surface area contributed by atoms with Gasteiger partial charge in [0.15, 0.2) is 0 Å². The molecule has 1 aromatic heterocycles. The van der Waals surface area contributed by atoms with Gasteiger partial charge in [0.2, 0.25) is 0 Å². The first-order valence-corrected chi connectivity index (χ1v) is 6.00. The first-order valence-electron chi connectivity index (χ1n) is 6.00. The van der Waals surface area contributed by atoms with E-state index in [2.05, 4.69) is 19.6 Å². The maximum atomic E-state index is 11.4. The Kier molecular flexibility index (Phi) is 5.13. The van der Waals surface area contributed by atoms with Crippen LogP contribution >= 0.6 is 0 Å². The van der Waals surface area contributed by atoms with E-state index in [1.807, 2.05) is 19.1 Å². The number of rotatable bonds is 3. The Morgan fingerprint density at radius 2 is 2.00 bits per heavy atom. The fourth-order valence-corrected chi connectivity index (χ4v) is 1.92. The number of benzene rings is 1. The smallest absolute Gasteiger partial charge is 0.336 e. The monoisotopic (exact) mass is 243 g/mol. The third kappa shape index (κ3) is 3.21. The summed E-state index contributed by atoms with van der Waals surface area (Å²) in [4.78, 5) is 11.4. The second-order valence-electron chi connectivity index (χ2n) is 4.19. The highest BCUT2D eigenvalue weighted by atomic mass is 16.4. The lowest BCUT2D eigenvalue weighted by molar-refractivity contribution is 0.558. The van der Waals surface area contributed by atoms with Crippen molar-refractivity contribution in [2.45, 2.75) is 33.1 Å². The lowest BCUT2D eigenvalue weighted by atomic mass is 10.0. The molecule has 0 bridgehead atoms. The molecule has 2 aromatic rings. The summed E-state index contributed by atoms with van der Waals surface area (Å²) in [5, 5.41) is 7.58. The van der Waals surface area contributed by atoms with Crippen LogP contribution in [0.1, 0.15) is 30.9 Å². The molecule has 0 aliphatic heterocycles. The van der Waals surface area contributed by atoms with Crippen LogP contribution in [0.4, 0.5) is 0 Å². The quantitative estimate of drug-likeness (QED) is 0.774. The fourth-order valence-electron chi connectivity index (χ4n) is 1.92. The minimum Gasteiger partial charge on any atom is -0.423 e. The van der Waals surface area contributed by atoms with Gasteiger partial charge in [0.05, 0.1) is 0 Å². The van der Waals surface area contributed by atoms with Gasteiger partial charge in [0.25, 0.3) is 0 Å². The molecule has 3 heteroatoms. The molecule has 0 fully saturated rings. The van der Waals surface area contributed by atoms with Crippen LogP contribution < -0.4 is 5.63 Å². The molecule has 0 unspecified atom stereocenters. The SMILES string of the molecule is C#N.CCCCc1cc(=O)oc2ccc(C)cc12. The summed E-state index contributed by atoms with van der Waals surface area (Å²) >= 11 is 0. The van der Waals surface area contributed by atoms with Crippen LogP contribution in [0.5, 0.6) is 0 Å².